The second-order valence-electron chi connectivity index (χ2n) is 6.69. The van der Waals surface area contributed by atoms with Crippen molar-refractivity contribution in [1.29, 1.82) is 0 Å². The first-order valence-electron chi connectivity index (χ1n) is 8.04. The van der Waals surface area contributed by atoms with Gasteiger partial charge in [0.15, 0.2) is 0 Å². The van der Waals surface area contributed by atoms with Gasteiger partial charge in [-0.15, -0.1) is 0 Å². The summed E-state index contributed by atoms with van der Waals surface area (Å²) >= 11 is 0. The zero-order chi connectivity index (χ0) is 15.5. The summed E-state index contributed by atoms with van der Waals surface area (Å²) in [4.78, 5) is 0. The van der Waals surface area contributed by atoms with Crippen molar-refractivity contribution in [2.75, 3.05) is 7.11 Å². The molecule has 0 heterocycles. The number of methoxy groups -OCH3 is 1. The Hall–Kier alpha value is -1.06. The Labute approximate surface area is 128 Å². The van der Waals surface area contributed by atoms with E-state index in [9.17, 15) is 0 Å². The van der Waals surface area contributed by atoms with Gasteiger partial charge in [0.05, 0.1) is 17.7 Å². The van der Waals surface area contributed by atoms with Crippen molar-refractivity contribution in [3.63, 3.8) is 0 Å². The van der Waals surface area contributed by atoms with Crippen molar-refractivity contribution < 1.29 is 9.47 Å². The molecule has 0 saturated heterocycles. The molecule has 118 valence electrons. The average molecular weight is 291 g/mol. The molecule has 1 aliphatic rings. The Morgan fingerprint density at radius 1 is 1.33 bits per heavy atom. The van der Waals surface area contributed by atoms with E-state index in [1.165, 1.54) is 12.8 Å². The third-order valence-electron chi connectivity index (χ3n) is 4.55. The largest absolute Gasteiger partial charge is 0.491 e. The van der Waals surface area contributed by atoms with E-state index in [0.29, 0.717) is 5.92 Å². The molecule has 0 amide bonds. The van der Waals surface area contributed by atoms with Gasteiger partial charge < -0.3 is 15.2 Å². The molecule has 1 aromatic carbocycles. The highest BCUT2D eigenvalue weighted by atomic mass is 16.5. The van der Waals surface area contributed by atoms with Gasteiger partial charge in [0.25, 0.3) is 0 Å². The summed E-state index contributed by atoms with van der Waals surface area (Å²) in [5.74, 6) is 1.55. The van der Waals surface area contributed by atoms with Crippen LogP contribution in [0.25, 0.3) is 0 Å². The maximum Gasteiger partial charge on any atom is 0.120 e. The first-order valence-corrected chi connectivity index (χ1v) is 8.04. The monoisotopic (exact) mass is 291 g/mol. The normalized spacial score (nSPS) is 27.6. The van der Waals surface area contributed by atoms with E-state index in [-0.39, 0.29) is 17.7 Å². The van der Waals surface area contributed by atoms with Crippen LogP contribution in [0.15, 0.2) is 24.3 Å². The summed E-state index contributed by atoms with van der Waals surface area (Å²) in [5, 5.41) is 0. The summed E-state index contributed by atoms with van der Waals surface area (Å²) in [6.45, 7) is 6.36. The maximum absolute atomic E-state index is 6.60. The zero-order valence-electron chi connectivity index (χ0n) is 13.8. The van der Waals surface area contributed by atoms with Crippen LogP contribution >= 0.6 is 0 Å². The minimum absolute atomic E-state index is 0.110. The van der Waals surface area contributed by atoms with E-state index in [1.807, 2.05) is 26.0 Å². The molecule has 0 radical (unpaired) electrons. The molecule has 1 aliphatic carbocycles. The van der Waals surface area contributed by atoms with Crippen LogP contribution in [0.5, 0.6) is 5.75 Å². The average Bonchev–Trinajstić information content (AvgIpc) is 2.46. The van der Waals surface area contributed by atoms with Gasteiger partial charge in [-0.05, 0) is 50.3 Å². The topological polar surface area (TPSA) is 44.5 Å². The molecule has 2 rings (SSSR count). The second-order valence-corrected chi connectivity index (χ2v) is 6.69. The molecule has 1 saturated carbocycles. The molecule has 0 bridgehead atoms. The Bertz CT molecular complexity index is 460. The van der Waals surface area contributed by atoms with Crippen LogP contribution in [-0.4, -0.2) is 18.8 Å². The molecule has 0 aromatic heterocycles. The number of nitrogens with two attached hydrogens (primary N) is 1. The number of hydrogen-bond donors (Lipinski definition) is 1. The van der Waals surface area contributed by atoms with E-state index in [1.54, 1.807) is 7.11 Å². The van der Waals surface area contributed by atoms with Crippen LogP contribution in [0.1, 0.15) is 58.1 Å². The Kier molecular flexibility index (Phi) is 5.28. The molecule has 3 atom stereocenters. The lowest BCUT2D eigenvalue weighted by molar-refractivity contribution is -0.0718. The van der Waals surface area contributed by atoms with E-state index in [4.69, 9.17) is 15.2 Å². The van der Waals surface area contributed by atoms with Gasteiger partial charge in [0.1, 0.15) is 5.75 Å². The minimum atomic E-state index is -0.242. The summed E-state index contributed by atoms with van der Waals surface area (Å²) < 4.78 is 11.7. The summed E-state index contributed by atoms with van der Waals surface area (Å²) in [7, 11) is 1.80. The molecule has 1 aromatic rings. The highest BCUT2D eigenvalue weighted by Crippen LogP contribution is 2.42. The van der Waals surface area contributed by atoms with E-state index < -0.39 is 0 Å². The first kappa shape index (κ1) is 16.3. The summed E-state index contributed by atoms with van der Waals surface area (Å²) in [5.41, 5.74) is 7.46. The van der Waals surface area contributed by atoms with Crippen LogP contribution in [0, 0.1) is 5.92 Å². The van der Waals surface area contributed by atoms with Gasteiger partial charge in [-0.3, -0.25) is 0 Å². The third kappa shape index (κ3) is 3.78. The molecule has 21 heavy (non-hydrogen) atoms. The number of ether oxygens (including phenoxy) is 2. The SMILES string of the molecule is COC1(C(N)c2cccc(OC(C)C)c2)CCCC(C)C1. The van der Waals surface area contributed by atoms with Gasteiger partial charge in [0.2, 0.25) is 0 Å². The van der Waals surface area contributed by atoms with Crippen molar-refractivity contribution in [2.24, 2.45) is 11.7 Å². The summed E-state index contributed by atoms with van der Waals surface area (Å²) in [6.07, 6.45) is 4.69. The molecule has 2 N–H and O–H groups in total. The molecule has 3 heteroatoms. The zero-order valence-corrected chi connectivity index (χ0v) is 13.8. The number of rotatable bonds is 5. The van der Waals surface area contributed by atoms with E-state index >= 15 is 0 Å². The predicted molar refractivity (Wildman–Crippen MR) is 86.5 cm³/mol. The minimum Gasteiger partial charge on any atom is -0.491 e. The fourth-order valence-electron chi connectivity index (χ4n) is 3.50. The fraction of sp³-hybridized carbons (Fsp3) is 0.667. The fourth-order valence-corrected chi connectivity index (χ4v) is 3.50. The van der Waals surface area contributed by atoms with Crippen LogP contribution in [0.2, 0.25) is 0 Å². The van der Waals surface area contributed by atoms with Gasteiger partial charge in [-0.25, -0.2) is 0 Å². The van der Waals surface area contributed by atoms with Gasteiger partial charge >= 0.3 is 0 Å². The lowest BCUT2D eigenvalue weighted by Crippen LogP contribution is -2.46. The lowest BCUT2D eigenvalue weighted by atomic mass is 9.73. The third-order valence-corrected chi connectivity index (χ3v) is 4.55. The van der Waals surface area contributed by atoms with Crippen molar-refractivity contribution in [3.05, 3.63) is 29.8 Å². The van der Waals surface area contributed by atoms with Gasteiger partial charge in [-0.2, -0.15) is 0 Å². The van der Waals surface area contributed by atoms with Gasteiger partial charge in [-0.1, -0.05) is 31.9 Å². The Balaban J connectivity index is 2.22. The first-order chi connectivity index (χ1) is 9.97. The highest BCUT2D eigenvalue weighted by molar-refractivity contribution is 5.32. The molecule has 3 nitrogen and oxygen atoms in total. The van der Waals surface area contributed by atoms with Gasteiger partial charge in [0, 0.05) is 7.11 Å². The van der Waals surface area contributed by atoms with E-state index in [0.717, 1.165) is 24.2 Å². The van der Waals surface area contributed by atoms with Crippen LogP contribution < -0.4 is 10.5 Å². The molecule has 1 fully saturated rings. The smallest absolute Gasteiger partial charge is 0.120 e. The quantitative estimate of drug-likeness (QED) is 0.889. The van der Waals surface area contributed by atoms with Crippen molar-refractivity contribution in [3.8, 4) is 5.75 Å². The number of benzene rings is 1. The Morgan fingerprint density at radius 2 is 2.10 bits per heavy atom. The number of hydrogen-bond acceptors (Lipinski definition) is 3. The molecule has 3 unspecified atom stereocenters. The van der Waals surface area contributed by atoms with E-state index in [2.05, 4.69) is 19.1 Å². The molecular formula is C18H29NO2. The lowest BCUT2D eigenvalue weighted by Gasteiger charge is -2.43. The van der Waals surface area contributed by atoms with Crippen LogP contribution in [0.4, 0.5) is 0 Å². The summed E-state index contributed by atoms with van der Waals surface area (Å²) in [6, 6.07) is 8.03. The predicted octanol–water partition coefficient (Wildman–Crippen LogP) is 4.07. The Morgan fingerprint density at radius 3 is 2.71 bits per heavy atom. The van der Waals surface area contributed by atoms with Crippen molar-refractivity contribution >= 4 is 0 Å². The van der Waals surface area contributed by atoms with Crippen LogP contribution in [0.3, 0.4) is 0 Å². The molecular weight excluding hydrogens is 262 g/mol. The second kappa shape index (κ2) is 6.80. The highest BCUT2D eigenvalue weighted by Gasteiger charge is 2.41. The van der Waals surface area contributed by atoms with Crippen LogP contribution in [-0.2, 0) is 4.74 Å². The maximum atomic E-state index is 6.60. The molecule has 0 spiro atoms. The molecule has 0 aliphatic heterocycles. The van der Waals surface area contributed by atoms with Crippen molar-refractivity contribution in [1.82, 2.24) is 0 Å². The van der Waals surface area contributed by atoms with Crippen molar-refractivity contribution in [2.45, 2.75) is 64.2 Å². The standard InChI is InChI=1S/C18H29NO2/c1-13(2)21-16-9-5-8-15(11-16)17(19)18(20-4)10-6-7-14(3)12-18/h5,8-9,11,13-14,17H,6-7,10,12,19H2,1-4H3.